The Kier molecular flexibility index (Phi) is 9.45. The van der Waals surface area contributed by atoms with Crippen LogP contribution >= 0.6 is 0 Å². The summed E-state index contributed by atoms with van der Waals surface area (Å²) in [5, 5.41) is 11.3. The van der Waals surface area contributed by atoms with Gasteiger partial charge in [0.05, 0.1) is 5.60 Å². The van der Waals surface area contributed by atoms with Crippen LogP contribution in [0.25, 0.3) is 0 Å². The standard InChI is InChI=1S/C27H41NO3/c1-2-3-4-5-6-7-8-9-13-19-27(30)20-24-17-14-18-25(21-27)28(24)26(29)31-22-23-15-11-10-12-16-23/h2,10-12,15-16,24-25,30H,1,3-9,13-14,17-22H2. The van der Waals surface area contributed by atoms with Crippen LogP contribution in [-0.2, 0) is 11.3 Å². The van der Waals surface area contributed by atoms with Gasteiger partial charge >= 0.3 is 6.09 Å². The lowest BCUT2D eigenvalue weighted by Crippen LogP contribution is -2.59. The van der Waals surface area contributed by atoms with Crippen LogP contribution in [0.15, 0.2) is 43.0 Å². The molecule has 2 aliphatic rings. The molecular weight excluding hydrogens is 386 g/mol. The summed E-state index contributed by atoms with van der Waals surface area (Å²) in [5.41, 5.74) is 0.394. The molecule has 3 rings (SSSR count). The third-order valence-corrected chi connectivity index (χ3v) is 7.06. The molecule has 2 saturated heterocycles. The molecule has 0 radical (unpaired) electrons. The number of nitrogens with zero attached hydrogens (tertiary/aromatic N) is 1. The highest BCUT2D eigenvalue weighted by Gasteiger charge is 2.47. The van der Waals surface area contributed by atoms with Gasteiger partial charge in [0, 0.05) is 12.1 Å². The highest BCUT2D eigenvalue weighted by Crippen LogP contribution is 2.41. The van der Waals surface area contributed by atoms with Crippen LogP contribution < -0.4 is 0 Å². The van der Waals surface area contributed by atoms with Gasteiger partial charge in [-0.2, -0.15) is 0 Å². The summed E-state index contributed by atoms with van der Waals surface area (Å²) in [5.74, 6) is 0. The van der Waals surface area contributed by atoms with E-state index < -0.39 is 5.60 Å². The van der Waals surface area contributed by atoms with Crippen LogP contribution in [0.2, 0.25) is 0 Å². The molecule has 4 nitrogen and oxygen atoms in total. The van der Waals surface area contributed by atoms with Gasteiger partial charge in [-0.1, -0.05) is 74.9 Å². The summed E-state index contributed by atoms with van der Waals surface area (Å²) in [6.07, 6.45) is 17.0. The van der Waals surface area contributed by atoms with Crippen LogP contribution in [0, 0.1) is 0 Å². The maximum absolute atomic E-state index is 12.8. The zero-order chi connectivity index (χ0) is 21.9. The van der Waals surface area contributed by atoms with Crippen molar-refractivity contribution in [2.24, 2.45) is 0 Å². The molecule has 1 amide bonds. The Morgan fingerprint density at radius 1 is 1.03 bits per heavy atom. The average molecular weight is 428 g/mol. The lowest BCUT2D eigenvalue weighted by Gasteiger charge is -2.51. The lowest BCUT2D eigenvalue weighted by atomic mass is 9.73. The van der Waals surface area contributed by atoms with Gasteiger partial charge in [-0.05, 0) is 56.9 Å². The third-order valence-electron chi connectivity index (χ3n) is 7.06. The lowest BCUT2D eigenvalue weighted by molar-refractivity contribution is -0.0899. The summed E-state index contributed by atoms with van der Waals surface area (Å²) in [6.45, 7) is 4.09. The number of amides is 1. The molecule has 1 N–H and O–H groups in total. The van der Waals surface area contributed by atoms with Gasteiger partial charge in [-0.3, -0.25) is 0 Å². The van der Waals surface area contributed by atoms with Crippen molar-refractivity contribution in [2.45, 2.75) is 114 Å². The van der Waals surface area contributed by atoms with Crippen molar-refractivity contribution < 1.29 is 14.6 Å². The number of allylic oxidation sites excluding steroid dienone is 1. The van der Waals surface area contributed by atoms with E-state index in [1.165, 1.54) is 38.5 Å². The molecule has 31 heavy (non-hydrogen) atoms. The number of rotatable bonds is 12. The average Bonchev–Trinajstić information content (AvgIpc) is 2.76. The van der Waals surface area contributed by atoms with Crippen LogP contribution in [-0.4, -0.2) is 33.8 Å². The Balaban J connectivity index is 1.40. The van der Waals surface area contributed by atoms with Gasteiger partial charge in [-0.15, -0.1) is 6.58 Å². The molecule has 2 aliphatic heterocycles. The monoisotopic (exact) mass is 427 g/mol. The molecule has 0 spiro atoms. The summed E-state index contributed by atoms with van der Waals surface area (Å²) >= 11 is 0. The third kappa shape index (κ3) is 7.38. The van der Waals surface area contributed by atoms with Gasteiger partial charge in [0.15, 0.2) is 0 Å². The van der Waals surface area contributed by atoms with E-state index in [4.69, 9.17) is 4.74 Å². The minimum absolute atomic E-state index is 0.116. The zero-order valence-corrected chi connectivity index (χ0v) is 19.1. The first-order valence-electron chi connectivity index (χ1n) is 12.4. The molecule has 2 heterocycles. The molecule has 1 aromatic rings. The highest BCUT2D eigenvalue weighted by atomic mass is 16.6. The van der Waals surface area contributed by atoms with Crippen LogP contribution in [0.3, 0.4) is 0 Å². The number of carbonyl (C=O) groups is 1. The molecule has 0 saturated carbocycles. The van der Waals surface area contributed by atoms with Crippen LogP contribution in [0.1, 0.15) is 95.5 Å². The summed E-state index contributed by atoms with van der Waals surface area (Å²) < 4.78 is 5.63. The van der Waals surface area contributed by atoms with E-state index in [2.05, 4.69) is 6.58 Å². The number of unbranched alkanes of at least 4 members (excludes halogenated alkanes) is 7. The first-order chi connectivity index (χ1) is 15.1. The van der Waals surface area contributed by atoms with Crippen molar-refractivity contribution in [1.82, 2.24) is 4.90 Å². The van der Waals surface area contributed by atoms with Gasteiger partial charge in [-0.25, -0.2) is 4.79 Å². The summed E-state index contributed by atoms with van der Waals surface area (Å²) in [4.78, 5) is 14.8. The van der Waals surface area contributed by atoms with Gasteiger partial charge in [0.1, 0.15) is 6.61 Å². The Hall–Kier alpha value is -1.81. The van der Waals surface area contributed by atoms with E-state index in [1.807, 2.05) is 41.3 Å². The van der Waals surface area contributed by atoms with E-state index in [0.29, 0.717) is 19.4 Å². The second-order valence-corrected chi connectivity index (χ2v) is 9.62. The molecular formula is C27H41NO3. The normalized spacial score (nSPS) is 25.3. The van der Waals surface area contributed by atoms with Crippen molar-refractivity contribution in [3.8, 4) is 0 Å². The first-order valence-corrected chi connectivity index (χ1v) is 12.4. The fourth-order valence-electron chi connectivity index (χ4n) is 5.45. The number of fused-ring (bicyclic) bond motifs is 2. The number of hydrogen-bond donors (Lipinski definition) is 1. The van der Waals surface area contributed by atoms with Crippen molar-refractivity contribution in [2.75, 3.05) is 0 Å². The second kappa shape index (κ2) is 12.3. The number of ether oxygens (including phenoxy) is 1. The number of piperidine rings is 2. The fraction of sp³-hybridized carbons (Fsp3) is 0.667. The van der Waals surface area contributed by atoms with Gasteiger partial charge in [0.2, 0.25) is 0 Å². The number of benzene rings is 1. The fourth-order valence-corrected chi connectivity index (χ4v) is 5.45. The van der Waals surface area contributed by atoms with Crippen molar-refractivity contribution >= 4 is 6.09 Å². The molecule has 2 atom stereocenters. The molecule has 2 fully saturated rings. The van der Waals surface area contributed by atoms with E-state index in [1.54, 1.807) is 0 Å². The van der Waals surface area contributed by atoms with Crippen molar-refractivity contribution in [3.63, 3.8) is 0 Å². The van der Waals surface area contributed by atoms with E-state index >= 15 is 0 Å². The maximum Gasteiger partial charge on any atom is 0.410 e. The molecule has 4 heteroatoms. The Labute approximate surface area is 188 Å². The first kappa shape index (κ1) is 23.8. The SMILES string of the molecule is C=CCCCCCCCCCC1(O)CC2CCCC(C1)N2C(=O)OCc1ccccc1. The second-order valence-electron chi connectivity index (χ2n) is 9.62. The Morgan fingerprint density at radius 2 is 1.65 bits per heavy atom. The predicted molar refractivity (Wildman–Crippen MR) is 126 cm³/mol. The summed E-state index contributed by atoms with van der Waals surface area (Å²) in [6, 6.07) is 10.1. The predicted octanol–water partition coefficient (Wildman–Crippen LogP) is 6.77. The molecule has 0 aliphatic carbocycles. The Bertz CT molecular complexity index is 660. The van der Waals surface area contributed by atoms with Crippen LogP contribution in [0.5, 0.6) is 0 Å². The van der Waals surface area contributed by atoms with E-state index in [-0.39, 0.29) is 18.2 Å². The Morgan fingerprint density at radius 3 is 2.29 bits per heavy atom. The summed E-state index contributed by atoms with van der Waals surface area (Å²) in [7, 11) is 0. The van der Waals surface area contributed by atoms with E-state index in [9.17, 15) is 9.90 Å². The van der Waals surface area contributed by atoms with Crippen molar-refractivity contribution in [3.05, 3.63) is 48.6 Å². The van der Waals surface area contributed by atoms with Crippen LogP contribution in [0.4, 0.5) is 4.79 Å². The molecule has 1 aromatic carbocycles. The number of hydrogen-bond acceptors (Lipinski definition) is 3. The quantitative estimate of drug-likeness (QED) is 0.296. The molecule has 2 unspecified atom stereocenters. The largest absolute Gasteiger partial charge is 0.445 e. The molecule has 172 valence electrons. The molecule has 0 aromatic heterocycles. The number of carbonyl (C=O) groups excluding carboxylic acids is 1. The van der Waals surface area contributed by atoms with Crippen molar-refractivity contribution in [1.29, 1.82) is 0 Å². The minimum atomic E-state index is -0.615. The topological polar surface area (TPSA) is 49.8 Å². The smallest absolute Gasteiger partial charge is 0.410 e. The maximum atomic E-state index is 12.8. The highest BCUT2D eigenvalue weighted by molar-refractivity contribution is 5.69. The van der Waals surface area contributed by atoms with Gasteiger partial charge < -0.3 is 14.7 Å². The molecule has 2 bridgehead atoms. The van der Waals surface area contributed by atoms with E-state index in [0.717, 1.165) is 44.1 Å². The zero-order valence-electron chi connectivity index (χ0n) is 19.1. The van der Waals surface area contributed by atoms with Gasteiger partial charge in [0.25, 0.3) is 0 Å². The number of aliphatic hydroxyl groups is 1. The minimum Gasteiger partial charge on any atom is -0.445 e.